The molecule has 0 aliphatic rings. The minimum absolute atomic E-state index is 0. The van der Waals surface area contributed by atoms with Crippen molar-refractivity contribution in [2.75, 3.05) is 0 Å². The fraction of sp³-hybridized carbons (Fsp3) is 0. The third-order valence-electron chi connectivity index (χ3n) is 0. The van der Waals surface area contributed by atoms with Gasteiger partial charge in [0.2, 0.25) is 0 Å². The second kappa shape index (κ2) is 16.4. The van der Waals surface area contributed by atoms with Gasteiger partial charge in [-0.3, -0.25) is 0 Å². The molecular weight excluding hydrogens is 188 g/mol. The first-order valence-electron chi connectivity index (χ1n) is 0.548. The second-order valence-electron chi connectivity index (χ2n) is 0.224. The molecule has 0 rings (SSSR count). The number of rotatable bonds is 0. The van der Waals surface area contributed by atoms with Gasteiger partial charge in [0.05, 0.1) is 5.09 Å². The third kappa shape index (κ3) is 2760. The van der Waals surface area contributed by atoms with Crippen LogP contribution in [0.25, 0.3) is 0 Å². The van der Waals surface area contributed by atoms with E-state index in [0.29, 0.717) is 0 Å². The Morgan fingerprint density at radius 3 is 1.14 bits per heavy atom. The molecule has 0 bridgehead atoms. The van der Waals surface area contributed by atoms with Crippen molar-refractivity contribution < 1.29 is 44.7 Å². The van der Waals surface area contributed by atoms with Crippen LogP contribution in [0.1, 0.15) is 0 Å². The minimum atomic E-state index is -1.75. The molecule has 0 saturated heterocycles. The van der Waals surface area contributed by atoms with Crippen molar-refractivity contribution in [3.63, 3.8) is 0 Å². The van der Waals surface area contributed by atoms with Crippen LogP contribution in [0.2, 0.25) is 0 Å². The summed E-state index contributed by atoms with van der Waals surface area (Å²) in [7, 11) is 0. The largest absolute Gasteiger partial charge is 2.00 e. The topological polar surface area (TPSA) is 94.7 Å². The van der Waals surface area contributed by atoms with Gasteiger partial charge in [-0.05, 0) is 0 Å². The monoisotopic (exact) mass is 188 g/mol. The Labute approximate surface area is 60.4 Å². The van der Waals surface area contributed by atoms with Crippen molar-refractivity contribution in [1.82, 2.24) is 0 Å². The Morgan fingerprint density at radius 2 is 1.14 bits per heavy atom. The normalized spacial score (nSPS) is 3.43. The first-order chi connectivity index (χ1) is 1.73. The summed E-state index contributed by atoms with van der Waals surface area (Å²) in [4.78, 5) is 8.25. The molecule has 0 saturated carbocycles. The van der Waals surface area contributed by atoms with Crippen LogP contribution in [0.4, 0.5) is 0 Å². The second-order valence-corrected chi connectivity index (χ2v) is 0.224. The molecule has 0 unspecified atom stereocenters. The Morgan fingerprint density at radius 1 is 1.14 bits per heavy atom. The zero-order chi connectivity index (χ0) is 3.58. The van der Waals surface area contributed by atoms with Gasteiger partial charge < -0.3 is 20.8 Å². The van der Waals surface area contributed by atoms with E-state index in [-0.39, 0.29) is 39.6 Å². The number of nitrogens with zero attached hydrogens (tertiary/aromatic N) is 1. The smallest absolute Gasteiger partial charge is 2.00 e. The molecule has 0 aromatic carbocycles. The number of hydrogen-bond donors (Lipinski definition) is 0. The molecule has 0 aliphatic heterocycles. The van der Waals surface area contributed by atoms with E-state index in [1.54, 1.807) is 0 Å². The summed E-state index contributed by atoms with van der Waals surface area (Å²) in [6, 6.07) is 0. The maximum Gasteiger partial charge on any atom is 2.00 e. The Bertz CT molecular complexity index is 32.7. The van der Waals surface area contributed by atoms with Crippen LogP contribution in [0, 0.1) is 15.3 Å². The maximum absolute atomic E-state index is 8.25. The van der Waals surface area contributed by atoms with Crippen LogP contribution < -0.4 is 0 Å². The minimum Gasteiger partial charge on any atom is -2.00 e. The zero-order valence-electron chi connectivity index (χ0n) is 2.84. The van der Waals surface area contributed by atoms with E-state index in [0.717, 1.165) is 0 Å². The molecule has 0 fully saturated rings. The molecule has 42 valence electrons. The van der Waals surface area contributed by atoms with Gasteiger partial charge >= 0.3 is 34.1 Å². The Balaban J connectivity index is -0.0000000150. The molecule has 0 aromatic rings. The van der Waals surface area contributed by atoms with Crippen LogP contribution in [-0.2, 0) is 39.6 Å². The Hall–Kier alpha value is 0.199. The third-order valence-corrected chi connectivity index (χ3v) is 0. The first-order valence-corrected chi connectivity index (χ1v) is 0.548. The van der Waals surface area contributed by atoms with Gasteiger partial charge in [-0.15, -0.1) is 0 Å². The van der Waals surface area contributed by atoms with Crippen LogP contribution in [-0.4, -0.2) is 5.09 Å². The SMILES string of the molecule is O=[N+]([O-])[O-].[Mn+2].[Mn+2].[O-2]. The average molecular weight is 188 g/mol. The van der Waals surface area contributed by atoms with Crippen molar-refractivity contribution >= 4 is 0 Å². The zero-order valence-corrected chi connectivity index (χ0v) is 5.20. The molecule has 0 aromatic heterocycles. The standard InChI is InChI=1S/2Mn.NO3.O/c;;2-1(3)4;/q2*+2;-1;-2. The fourth-order valence-electron chi connectivity index (χ4n) is 0. The summed E-state index contributed by atoms with van der Waals surface area (Å²) >= 11 is 0. The predicted octanol–water partition coefficient (Wildman–Crippen LogP) is -0.363. The molecule has 0 spiro atoms. The van der Waals surface area contributed by atoms with Crippen molar-refractivity contribution in [3.8, 4) is 0 Å². The van der Waals surface area contributed by atoms with Gasteiger partial charge in [0.1, 0.15) is 0 Å². The molecule has 5 nitrogen and oxygen atoms in total. The van der Waals surface area contributed by atoms with E-state index in [1.165, 1.54) is 0 Å². The molecule has 0 atom stereocenters. The van der Waals surface area contributed by atoms with Gasteiger partial charge in [0, 0.05) is 0 Å². The van der Waals surface area contributed by atoms with Crippen LogP contribution in [0.15, 0.2) is 0 Å². The molecule has 7 heavy (non-hydrogen) atoms. The summed E-state index contributed by atoms with van der Waals surface area (Å²) in [6.07, 6.45) is 0. The molecule has 0 amide bonds. The van der Waals surface area contributed by atoms with Crippen LogP contribution in [0.3, 0.4) is 0 Å². The van der Waals surface area contributed by atoms with Gasteiger partial charge in [0.15, 0.2) is 0 Å². The molecule has 2 radical (unpaired) electrons. The molecule has 0 N–H and O–H groups in total. The predicted molar refractivity (Wildman–Crippen MR) is 11.0 cm³/mol. The van der Waals surface area contributed by atoms with E-state index in [2.05, 4.69) is 0 Å². The van der Waals surface area contributed by atoms with Gasteiger partial charge in [-0.2, -0.15) is 0 Å². The molecular formula is Mn2NO4+. The van der Waals surface area contributed by atoms with E-state index in [4.69, 9.17) is 15.3 Å². The van der Waals surface area contributed by atoms with E-state index in [9.17, 15) is 0 Å². The average Bonchev–Trinajstić information content (AvgIpc) is 0.811. The van der Waals surface area contributed by atoms with Gasteiger partial charge in [0.25, 0.3) is 0 Å². The van der Waals surface area contributed by atoms with Gasteiger partial charge in [-0.25, -0.2) is 0 Å². The summed E-state index contributed by atoms with van der Waals surface area (Å²) in [5.41, 5.74) is 0. The summed E-state index contributed by atoms with van der Waals surface area (Å²) in [5, 5.41) is 14.8. The van der Waals surface area contributed by atoms with Crippen LogP contribution >= 0.6 is 0 Å². The quantitative estimate of drug-likeness (QED) is 0.295. The summed E-state index contributed by atoms with van der Waals surface area (Å²) in [5.74, 6) is 0. The molecule has 0 aliphatic carbocycles. The van der Waals surface area contributed by atoms with Crippen molar-refractivity contribution in [2.45, 2.75) is 0 Å². The maximum atomic E-state index is 8.25. The van der Waals surface area contributed by atoms with Crippen molar-refractivity contribution in [3.05, 3.63) is 15.3 Å². The van der Waals surface area contributed by atoms with E-state index >= 15 is 0 Å². The number of hydrogen-bond acceptors (Lipinski definition) is 3. The summed E-state index contributed by atoms with van der Waals surface area (Å²) < 4.78 is 0. The fourth-order valence-corrected chi connectivity index (χ4v) is 0. The summed E-state index contributed by atoms with van der Waals surface area (Å²) in [6.45, 7) is 0. The molecule has 0 heterocycles. The van der Waals surface area contributed by atoms with E-state index < -0.39 is 5.09 Å². The van der Waals surface area contributed by atoms with Crippen molar-refractivity contribution in [1.29, 1.82) is 0 Å². The Kier molecular flexibility index (Phi) is 63.2. The van der Waals surface area contributed by atoms with E-state index in [1.807, 2.05) is 0 Å². The molecule has 7 heteroatoms. The van der Waals surface area contributed by atoms with Crippen molar-refractivity contribution in [2.24, 2.45) is 0 Å². The first kappa shape index (κ1) is 27.0. The van der Waals surface area contributed by atoms with Gasteiger partial charge in [-0.1, -0.05) is 0 Å². The van der Waals surface area contributed by atoms with Crippen LogP contribution in [0.5, 0.6) is 0 Å².